The second kappa shape index (κ2) is 16.9. The number of hydrogen-bond acceptors (Lipinski definition) is 8. The van der Waals surface area contributed by atoms with E-state index >= 15 is 0 Å². The molecule has 8 rings (SSSR count). The van der Waals surface area contributed by atoms with Gasteiger partial charge in [0, 0.05) is 13.6 Å². The summed E-state index contributed by atoms with van der Waals surface area (Å²) in [6.45, 7) is 2.43. The Hall–Kier alpha value is -7.22. The molecule has 1 fully saturated rings. The molecule has 2 aromatic heterocycles. The molecule has 4 aromatic carbocycles. The average Bonchev–Trinajstić information content (AvgIpc) is 4.13. The zero-order valence-corrected chi connectivity index (χ0v) is 33.8. The molecule has 4 amide bonds. The zero-order chi connectivity index (χ0) is 41.9. The molecule has 0 radical (unpaired) electrons. The summed E-state index contributed by atoms with van der Waals surface area (Å²) < 4.78 is 9.64. The summed E-state index contributed by atoms with van der Waals surface area (Å²) >= 11 is 0. The van der Waals surface area contributed by atoms with Crippen LogP contribution in [0.4, 0.5) is 9.59 Å². The van der Waals surface area contributed by atoms with Crippen LogP contribution in [0.1, 0.15) is 77.8 Å². The molecule has 14 nitrogen and oxygen atoms in total. The van der Waals surface area contributed by atoms with Gasteiger partial charge in [-0.25, -0.2) is 19.6 Å². The van der Waals surface area contributed by atoms with Gasteiger partial charge in [-0.15, -0.1) is 0 Å². The van der Waals surface area contributed by atoms with Gasteiger partial charge in [-0.2, -0.15) is 0 Å². The SMILES string of the molecule is COC(=O)N[C@@H](C(=O)N(C)[C@@H](C)c1ncc(-c2ccc3c(c2)Cc2cc(-c4cnc([C@@H]5CCCN5C(=O)[C@H](NC(=O)OC)c5ccccc5)[nH]4)ccc2-3)[nH]1)c1ccccc1. The van der Waals surface area contributed by atoms with E-state index in [0.717, 1.165) is 41.8 Å². The van der Waals surface area contributed by atoms with Gasteiger partial charge in [0.25, 0.3) is 5.91 Å². The Morgan fingerprint density at radius 2 is 1.30 bits per heavy atom. The Labute approximate surface area is 347 Å². The fourth-order valence-corrected chi connectivity index (χ4v) is 8.17. The van der Waals surface area contributed by atoms with Crippen molar-refractivity contribution in [2.24, 2.45) is 0 Å². The number of benzene rings is 4. The highest BCUT2D eigenvalue weighted by Gasteiger charge is 2.37. The first kappa shape index (κ1) is 39.6. The topological polar surface area (TPSA) is 175 Å². The van der Waals surface area contributed by atoms with E-state index in [0.29, 0.717) is 29.3 Å². The first-order valence-electron chi connectivity index (χ1n) is 19.9. The van der Waals surface area contributed by atoms with Gasteiger partial charge in [-0.05, 0) is 82.8 Å². The molecule has 14 heteroatoms. The van der Waals surface area contributed by atoms with E-state index in [9.17, 15) is 19.2 Å². The molecule has 0 spiro atoms. The second-order valence-electron chi connectivity index (χ2n) is 15.1. The molecule has 4 N–H and O–H groups in total. The van der Waals surface area contributed by atoms with Gasteiger partial charge in [0.05, 0.1) is 50.1 Å². The third-order valence-electron chi connectivity index (χ3n) is 11.5. The summed E-state index contributed by atoms with van der Waals surface area (Å²) in [5, 5.41) is 5.38. The number of carbonyl (C=O) groups excluding carboxylic acids is 4. The Morgan fingerprint density at radius 1 is 0.750 bits per heavy atom. The fraction of sp³-hybridized carbons (Fsp3) is 0.261. The number of amides is 4. The molecular formula is C46H46N8O6. The van der Waals surface area contributed by atoms with Crippen LogP contribution in [0.3, 0.4) is 0 Å². The van der Waals surface area contributed by atoms with Crippen LogP contribution in [0.2, 0.25) is 0 Å². The number of nitrogens with zero attached hydrogens (tertiary/aromatic N) is 4. The lowest BCUT2D eigenvalue weighted by atomic mass is 10.0. The van der Waals surface area contributed by atoms with Crippen LogP contribution in [0.5, 0.6) is 0 Å². The number of likely N-dealkylation sites (N-methyl/N-ethyl adjacent to an activating group) is 1. The van der Waals surface area contributed by atoms with Crippen molar-refractivity contribution < 1.29 is 28.7 Å². The quantitative estimate of drug-likeness (QED) is 0.105. The predicted octanol–water partition coefficient (Wildman–Crippen LogP) is 7.42. The largest absolute Gasteiger partial charge is 0.453 e. The molecule has 2 aliphatic rings. The van der Waals surface area contributed by atoms with Crippen molar-refractivity contribution in [3.8, 4) is 33.6 Å². The van der Waals surface area contributed by atoms with Crippen molar-refractivity contribution in [1.29, 1.82) is 0 Å². The zero-order valence-electron chi connectivity index (χ0n) is 33.8. The number of aromatic nitrogens is 4. The lowest BCUT2D eigenvalue weighted by molar-refractivity contribution is -0.135. The van der Waals surface area contributed by atoms with Gasteiger partial charge in [0.1, 0.15) is 23.7 Å². The van der Waals surface area contributed by atoms with Crippen molar-refractivity contribution in [2.45, 2.75) is 50.4 Å². The third kappa shape index (κ3) is 7.83. The van der Waals surface area contributed by atoms with E-state index in [1.54, 1.807) is 35.2 Å². The standard InChI is InChI=1S/C46H46N8O6/c1-27(53(2)43(55)39(51-45(57)59-3)28-12-7-5-8-13-28)41-47-25-36(49-41)30-17-19-34-32(22-30)24-33-23-31(18-20-35(33)34)37-26-48-42(50-37)38-16-11-21-54(38)44(56)40(52-46(58)60-4)29-14-9-6-10-15-29/h5-10,12-15,17-20,22-23,25-27,38-40H,11,16,21,24H2,1-4H3,(H,47,49)(H,48,50)(H,51,57)(H,52,58)/t27-,38-,39+,40+/m0/s1. The minimum Gasteiger partial charge on any atom is -0.453 e. The first-order chi connectivity index (χ1) is 29.1. The van der Waals surface area contributed by atoms with Crippen LogP contribution in [0.15, 0.2) is 109 Å². The third-order valence-corrected chi connectivity index (χ3v) is 11.5. The molecule has 1 aliphatic carbocycles. The minimum atomic E-state index is -0.931. The number of hydrogen-bond donors (Lipinski definition) is 4. The normalized spacial score (nSPS) is 15.6. The van der Waals surface area contributed by atoms with Gasteiger partial charge in [0.15, 0.2) is 0 Å². The van der Waals surface area contributed by atoms with Gasteiger partial charge in [-0.1, -0.05) is 84.9 Å². The number of H-pyrrole nitrogens is 2. The predicted molar refractivity (Wildman–Crippen MR) is 224 cm³/mol. The average molecular weight is 807 g/mol. The molecule has 0 bridgehead atoms. The number of likely N-dealkylation sites (tertiary alicyclic amines) is 1. The highest BCUT2D eigenvalue weighted by molar-refractivity contribution is 5.88. The van der Waals surface area contributed by atoms with Crippen LogP contribution in [-0.2, 0) is 25.5 Å². The number of methoxy groups -OCH3 is 2. The maximum Gasteiger partial charge on any atom is 0.407 e. The van der Waals surface area contributed by atoms with Crippen molar-refractivity contribution in [3.63, 3.8) is 0 Å². The molecule has 4 atom stereocenters. The minimum absolute atomic E-state index is 0.216. The summed E-state index contributed by atoms with van der Waals surface area (Å²) in [7, 11) is 4.23. The van der Waals surface area contributed by atoms with Crippen molar-refractivity contribution in [2.75, 3.05) is 27.8 Å². The highest BCUT2D eigenvalue weighted by atomic mass is 16.5. The summed E-state index contributed by atoms with van der Waals surface area (Å²) in [4.78, 5) is 71.8. The van der Waals surface area contributed by atoms with Crippen molar-refractivity contribution >= 4 is 24.0 Å². The molecule has 6 aromatic rings. The number of rotatable bonds is 11. The fourth-order valence-electron chi connectivity index (χ4n) is 8.17. The lowest BCUT2D eigenvalue weighted by Crippen LogP contribution is -2.42. The van der Waals surface area contributed by atoms with E-state index in [1.165, 1.54) is 36.5 Å². The Balaban J connectivity index is 0.958. The Morgan fingerprint density at radius 3 is 1.90 bits per heavy atom. The van der Waals surface area contributed by atoms with Crippen LogP contribution < -0.4 is 10.6 Å². The number of nitrogens with one attached hydrogen (secondary N) is 4. The number of carbonyl (C=O) groups is 4. The lowest BCUT2D eigenvalue weighted by Gasteiger charge is -2.28. The molecule has 0 unspecified atom stereocenters. The maximum atomic E-state index is 14.0. The van der Waals surface area contributed by atoms with Gasteiger partial charge >= 0.3 is 12.2 Å². The number of imidazole rings is 2. The highest BCUT2D eigenvalue weighted by Crippen LogP contribution is 2.41. The second-order valence-corrected chi connectivity index (χ2v) is 15.1. The van der Waals surface area contributed by atoms with Crippen molar-refractivity contribution in [1.82, 2.24) is 40.4 Å². The summed E-state index contributed by atoms with van der Waals surface area (Å²) in [6, 6.07) is 28.5. The van der Waals surface area contributed by atoms with E-state index in [-0.39, 0.29) is 17.9 Å². The van der Waals surface area contributed by atoms with E-state index in [4.69, 9.17) is 14.5 Å². The van der Waals surface area contributed by atoms with E-state index in [2.05, 4.69) is 62.0 Å². The number of aromatic amines is 2. The first-order valence-corrected chi connectivity index (χ1v) is 19.9. The molecule has 306 valence electrons. The molecule has 3 heterocycles. The Kier molecular flexibility index (Phi) is 11.2. The molecular weight excluding hydrogens is 761 g/mol. The van der Waals surface area contributed by atoms with Gasteiger partial charge in [0.2, 0.25) is 5.91 Å². The maximum absolute atomic E-state index is 14.0. The molecule has 1 aliphatic heterocycles. The van der Waals surface area contributed by atoms with Crippen LogP contribution in [0.25, 0.3) is 33.6 Å². The monoisotopic (exact) mass is 806 g/mol. The molecule has 0 saturated carbocycles. The summed E-state index contributed by atoms with van der Waals surface area (Å²) in [6.07, 6.45) is 4.53. The number of ether oxygens (including phenoxy) is 2. The van der Waals surface area contributed by atoms with Crippen LogP contribution in [0, 0.1) is 0 Å². The molecule has 1 saturated heterocycles. The van der Waals surface area contributed by atoms with Crippen molar-refractivity contribution in [3.05, 3.63) is 143 Å². The van der Waals surface area contributed by atoms with Gasteiger partial charge in [-0.3, -0.25) is 9.59 Å². The summed E-state index contributed by atoms with van der Waals surface area (Å²) in [5.41, 5.74) is 9.69. The molecule has 60 heavy (non-hydrogen) atoms. The summed E-state index contributed by atoms with van der Waals surface area (Å²) in [5.74, 6) is 0.784. The van der Waals surface area contributed by atoms with Crippen LogP contribution in [-0.4, -0.2) is 81.5 Å². The Bertz CT molecular complexity index is 2540. The van der Waals surface area contributed by atoms with Crippen LogP contribution >= 0.6 is 0 Å². The number of alkyl carbamates (subject to hydrolysis) is 2. The smallest absolute Gasteiger partial charge is 0.407 e. The van der Waals surface area contributed by atoms with E-state index in [1.807, 2.05) is 61.7 Å². The van der Waals surface area contributed by atoms with E-state index < -0.39 is 30.3 Å². The number of fused-ring (bicyclic) bond motifs is 3. The van der Waals surface area contributed by atoms with Gasteiger partial charge < -0.3 is 39.9 Å².